The minimum atomic E-state index is -1.07. The van der Waals surface area contributed by atoms with Gasteiger partial charge in [-0.05, 0) is 25.5 Å². The van der Waals surface area contributed by atoms with Crippen molar-refractivity contribution < 1.29 is 14.7 Å². The third-order valence-corrected chi connectivity index (χ3v) is 2.31. The zero-order valence-corrected chi connectivity index (χ0v) is 10.4. The molecule has 1 amide bonds. The van der Waals surface area contributed by atoms with Crippen molar-refractivity contribution in [1.29, 1.82) is 0 Å². The van der Waals surface area contributed by atoms with Gasteiger partial charge < -0.3 is 15.7 Å². The molecule has 6 heteroatoms. The molecular weight excluding hydrogens is 234 g/mol. The molecule has 0 aliphatic carbocycles. The van der Waals surface area contributed by atoms with Crippen LogP contribution in [0.3, 0.4) is 0 Å². The Labute approximate surface area is 105 Å². The number of hydrogen-bond donors (Lipinski definition) is 3. The Morgan fingerprint density at radius 2 is 2.17 bits per heavy atom. The van der Waals surface area contributed by atoms with Crippen LogP contribution in [0.15, 0.2) is 18.3 Å². The number of carbonyl (C=O) groups is 2. The molecule has 0 aliphatic rings. The Bertz CT molecular complexity index is 417. The predicted octanol–water partition coefficient (Wildman–Crippen LogP) is 1.11. The number of amides is 1. The predicted molar refractivity (Wildman–Crippen MR) is 67.6 cm³/mol. The molecule has 0 radical (unpaired) electrons. The molecule has 98 valence electrons. The molecule has 0 saturated carbocycles. The summed E-state index contributed by atoms with van der Waals surface area (Å²) in [6, 6.07) is 2.58. The normalized spacial score (nSPS) is 11.7. The van der Waals surface area contributed by atoms with Crippen molar-refractivity contribution in [2.75, 3.05) is 11.9 Å². The SMILES string of the molecule is CCCNC(=O)C(C)Nc1ccc(C(=O)O)nc1. The second-order valence-electron chi connectivity index (χ2n) is 3.89. The van der Waals surface area contributed by atoms with Crippen LogP contribution in [-0.4, -0.2) is 34.6 Å². The van der Waals surface area contributed by atoms with Crippen molar-refractivity contribution in [2.45, 2.75) is 26.3 Å². The maximum atomic E-state index is 11.6. The summed E-state index contributed by atoms with van der Waals surface area (Å²) in [5.41, 5.74) is 0.586. The lowest BCUT2D eigenvalue weighted by Gasteiger charge is -2.14. The van der Waals surface area contributed by atoms with E-state index in [9.17, 15) is 9.59 Å². The summed E-state index contributed by atoms with van der Waals surface area (Å²) < 4.78 is 0. The maximum absolute atomic E-state index is 11.6. The van der Waals surface area contributed by atoms with E-state index >= 15 is 0 Å². The number of hydrogen-bond acceptors (Lipinski definition) is 4. The van der Waals surface area contributed by atoms with Gasteiger partial charge in [0.1, 0.15) is 11.7 Å². The summed E-state index contributed by atoms with van der Waals surface area (Å²) in [4.78, 5) is 26.0. The van der Waals surface area contributed by atoms with Gasteiger partial charge in [0.25, 0.3) is 0 Å². The molecule has 18 heavy (non-hydrogen) atoms. The van der Waals surface area contributed by atoms with Crippen LogP contribution in [-0.2, 0) is 4.79 Å². The first kappa shape index (κ1) is 14.0. The van der Waals surface area contributed by atoms with E-state index in [1.807, 2.05) is 6.92 Å². The van der Waals surface area contributed by atoms with E-state index in [1.165, 1.54) is 12.3 Å². The molecule has 1 unspecified atom stereocenters. The summed E-state index contributed by atoms with van der Waals surface area (Å²) in [7, 11) is 0. The zero-order valence-electron chi connectivity index (χ0n) is 10.4. The molecule has 1 atom stereocenters. The smallest absolute Gasteiger partial charge is 0.354 e. The van der Waals surface area contributed by atoms with E-state index in [1.54, 1.807) is 13.0 Å². The summed E-state index contributed by atoms with van der Waals surface area (Å²) in [5, 5.41) is 14.4. The highest BCUT2D eigenvalue weighted by molar-refractivity contribution is 5.86. The van der Waals surface area contributed by atoms with Gasteiger partial charge in [-0.25, -0.2) is 9.78 Å². The van der Waals surface area contributed by atoms with Crippen LogP contribution in [0.1, 0.15) is 30.8 Å². The molecule has 6 nitrogen and oxygen atoms in total. The van der Waals surface area contributed by atoms with E-state index in [4.69, 9.17) is 5.11 Å². The molecule has 1 rings (SSSR count). The van der Waals surface area contributed by atoms with E-state index in [2.05, 4.69) is 15.6 Å². The number of carbonyl (C=O) groups excluding carboxylic acids is 1. The first-order valence-corrected chi connectivity index (χ1v) is 5.78. The highest BCUT2D eigenvalue weighted by Crippen LogP contribution is 2.07. The fourth-order valence-corrected chi connectivity index (χ4v) is 1.32. The van der Waals surface area contributed by atoms with Crippen molar-refractivity contribution in [3.63, 3.8) is 0 Å². The lowest BCUT2D eigenvalue weighted by molar-refractivity contribution is -0.121. The van der Waals surface area contributed by atoms with Gasteiger partial charge in [-0.2, -0.15) is 0 Å². The van der Waals surface area contributed by atoms with Gasteiger partial charge in [-0.15, -0.1) is 0 Å². The van der Waals surface area contributed by atoms with E-state index in [-0.39, 0.29) is 11.6 Å². The quantitative estimate of drug-likeness (QED) is 0.704. The Morgan fingerprint density at radius 3 is 2.67 bits per heavy atom. The fourth-order valence-electron chi connectivity index (χ4n) is 1.32. The Balaban J connectivity index is 2.56. The number of rotatable bonds is 6. The number of pyridine rings is 1. The lowest BCUT2D eigenvalue weighted by Crippen LogP contribution is -2.37. The van der Waals surface area contributed by atoms with Crippen molar-refractivity contribution in [3.8, 4) is 0 Å². The standard InChI is InChI=1S/C12H17N3O3/c1-3-6-13-11(16)8(2)15-9-4-5-10(12(17)18)14-7-9/h4-5,7-8,15H,3,6H2,1-2H3,(H,13,16)(H,17,18). The summed E-state index contributed by atoms with van der Waals surface area (Å²) in [5.74, 6) is -1.17. The van der Waals surface area contributed by atoms with Crippen molar-refractivity contribution in [2.24, 2.45) is 0 Å². The van der Waals surface area contributed by atoms with Crippen molar-refractivity contribution >= 4 is 17.6 Å². The fraction of sp³-hybridized carbons (Fsp3) is 0.417. The van der Waals surface area contributed by atoms with Crippen LogP contribution < -0.4 is 10.6 Å². The molecule has 0 saturated heterocycles. The number of nitrogens with one attached hydrogen (secondary N) is 2. The van der Waals surface area contributed by atoms with Crippen molar-refractivity contribution in [3.05, 3.63) is 24.0 Å². The average Bonchev–Trinajstić information content (AvgIpc) is 2.36. The first-order chi connectivity index (χ1) is 8.54. The Hall–Kier alpha value is -2.11. The third-order valence-electron chi connectivity index (χ3n) is 2.31. The van der Waals surface area contributed by atoms with E-state index in [0.717, 1.165) is 6.42 Å². The molecule has 1 heterocycles. The molecule has 0 bridgehead atoms. The van der Waals surface area contributed by atoms with E-state index < -0.39 is 12.0 Å². The molecule has 0 aromatic carbocycles. The van der Waals surface area contributed by atoms with Crippen LogP contribution in [0.5, 0.6) is 0 Å². The Morgan fingerprint density at radius 1 is 1.44 bits per heavy atom. The number of anilines is 1. The molecule has 1 aromatic heterocycles. The lowest BCUT2D eigenvalue weighted by atomic mass is 10.2. The second-order valence-corrected chi connectivity index (χ2v) is 3.89. The molecule has 0 fully saturated rings. The van der Waals surface area contributed by atoms with E-state index in [0.29, 0.717) is 12.2 Å². The summed E-state index contributed by atoms with van der Waals surface area (Å²) >= 11 is 0. The summed E-state index contributed by atoms with van der Waals surface area (Å²) in [6.07, 6.45) is 2.28. The topological polar surface area (TPSA) is 91.3 Å². The molecule has 0 aliphatic heterocycles. The summed E-state index contributed by atoms with van der Waals surface area (Å²) in [6.45, 7) is 4.35. The molecule has 1 aromatic rings. The van der Waals surface area contributed by atoms with Gasteiger partial charge >= 0.3 is 5.97 Å². The van der Waals surface area contributed by atoms with Crippen LogP contribution in [0, 0.1) is 0 Å². The molecule has 3 N–H and O–H groups in total. The van der Waals surface area contributed by atoms with Crippen molar-refractivity contribution in [1.82, 2.24) is 10.3 Å². The maximum Gasteiger partial charge on any atom is 0.354 e. The van der Waals surface area contributed by atoms with Gasteiger partial charge in [0.15, 0.2) is 0 Å². The van der Waals surface area contributed by atoms with Crippen LogP contribution >= 0.6 is 0 Å². The molecular formula is C12H17N3O3. The van der Waals surface area contributed by atoms with Gasteiger partial charge in [0, 0.05) is 6.54 Å². The largest absolute Gasteiger partial charge is 0.477 e. The average molecular weight is 251 g/mol. The monoisotopic (exact) mass is 251 g/mol. The van der Waals surface area contributed by atoms with Gasteiger partial charge in [-0.1, -0.05) is 6.92 Å². The highest BCUT2D eigenvalue weighted by Gasteiger charge is 2.12. The Kier molecular flexibility index (Phi) is 5.10. The van der Waals surface area contributed by atoms with Gasteiger partial charge in [0.05, 0.1) is 11.9 Å². The number of carboxylic acids is 1. The minimum absolute atomic E-state index is 0.0244. The minimum Gasteiger partial charge on any atom is -0.477 e. The first-order valence-electron chi connectivity index (χ1n) is 5.78. The zero-order chi connectivity index (χ0) is 13.5. The number of nitrogens with zero attached hydrogens (tertiary/aromatic N) is 1. The van der Waals surface area contributed by atoms with Crippen LogP contribution in [0.2, 0.25) is 0 Å². The number of carboxylic acid groups (broad SMARTS) is 1. The number of aromatic carboxylic acids is 1. The van der Waals surface area contributed by atoms with Gasteiger partial charge in [-0.3, -0.25) is 4.79 Å². The molecule has 0 spiro atoms. The highest BCUT2D eigenvalue weighted by atomic mass is 16.4. The third kappa shape index (κ3) is 4.04. The van der Waals surface area contributed by atoms with Gasteiger partial charge in [0.2, 0.25) is 5.91 Å². The van der Waals surface area contributed by atoms with Crippen LogP contribution in [0.25, 0.3) is 0 Å². The number of aromatic nitrogens is 1. The van der Waals surface area contributed by atoms with Crippen LogP contribution in [0.4, 0.5) is 5.69 Å². The second kappa shape index (κ2) is 6.58.